The summed E-state index contributed by atoms with van der Waals surface area (Å²) >= 11 is 0. The predicted molar refractivity (Wildman–Crippen MR) is 93.6 cm³/mol. The van der Waals surface area contributed by atoms with E-state index in [1.54, 1.807) is 30.3 Å². The van der Waals surface area contributed by atoms with Crippen LogP contribution in [-0.2, 0) is 10.0 Å². The molecular formula is C18H19NO6S. The maximum Gasteiger partial charge on any atom is 0.339 e. The molecule has 0 saturated heterocycles. The van der Waals surface area contributed by atoms with E-state index in [0.717, 1.165) is 5.56 Å². The van der Waals surface area contributed by atoms with E-state index in [1.807, 2.05) is 6.07 Å². The maximum absolute atomic E-state index is 11.0. The fraction of sp³-hybridized carbons (Fsp3) is 0.278. The number of nitrogens with two attached hydrogens (primary N) is 1. The van der Waals surface area contributed by atoms with Crippen molar-refractivity contribution >= 4 is 16.0 Å². The van der Waals surface area contributed by atoms with Crippen molar-refractivity contribution in [1.82, 2.24) is 0 Å². The SMILES string of the molecule is NS(=O)(=O)c1ccccc1.O=C(O)c1cccc2c1O[C@H]1C[C@H](O)C[C@H]21. The number of sulfonamides is 1. The highest BCUT2D eigenvalue weighted by molar-refractivity contribution is 7.89. The summed E-state index contributed by atoms with van der Waals surface area (Å²) in [5.74, 6) is -0.307. The summed E-state index contributed by atoms with van der Waals surface area (Å²) in [6.07, 6.45) is 0.890. The van der Waals surface area contributed by atoms with Gasteiger partial charge in [-0.25, -0.2) is 18.4 Å². The van der Waals surface area contributed by atoms with Gasteiger partial charge in [0.05, 0.1) is 11.0 Å². The summed E-state index contributed by atoms with van der Waals surface area (Å²) in [5, 5.41) is 23.4. The van der Waals surface area contributed by atoms with Crippen LogP contribution in [0.2, 0.25) is 0 Å². The van der Waals surface area contributed by atoms with Crippen LogP contribution in [0.3, 0.4) is 0 Å². The predicted octanol–water partition coefficient (Wildman–Crippen LogP) is 1.72. The lowest BCUT2D eigenvalue weighted by molar-refractivity contribution is 0.0690. The molecule has 0 spiro atoms. The van der Waals surface area contributed by atoms with Crippen LogP contribution in [0.15, 0.2) is 53.4 Å². The molecule has 0 unspecified atom stereocenters. The monoisotopic (exact) mass is 377 g/mol. The first-order chi connectivity index (χ1) is 12.3. The molecule has 3 atom stereocenters. The third kappa shape index (κ3) is 3.72. The number of rotatable bonds is 2. The van der Waals surface area contributed by atoms with Crippen molar-refractivity contribution < 1.29 is 28.2 Å². The molecule has 1 saturated carbocycles. The van der Waals surface area contributed by atoms with Gasteiger partial charge >= 0.3 is 5.97 Å². The first-order valence-electron chi connectivity index (χ1n) is 8.06. The number of benzene rings is 2. The molecule has 1 fully saturated rings. The Labute approximate surface area is 151 Å². The molecule has 1 aliphatic carbocycles. The minimum atomic E-state index is -3.50. The number of aliphatic hydroxyl groups excluding tert-OH is 1. The number of hydrogen-bond donors (Lipinski definition) is 3. The Hall–Kier alpha value is -2.42. The molecule has 2 aliphatic rings. The van der Waals surface area contributed by atoms with Gasteiger partial charge in [-0.15, -0.1) is 0 Å². The van der Waals surface area contributed by atoms with Gasteiger partial charge in [0.25, 0.3) is 0 Å². The number of hydrogen-bond acceptors (Lipinski definition) is 5. The minimum absolute atomic E-state index is 0.0505. The first kappa shape index (κ1) is 18.4. The topological polar surface area (TPSA) is 127 Å². The largest absolute Gasteiger partial charge is 0.488 e. The number of carboxylic acids is 1. The molecule has 0 amide bonds. The number of aliphatic hydroxyl groups is 1. The van der Waals surface area contributed by atoms with Gasteiger partial charge in [-0.1, -0.05) is 30.3 Å². The Morgan fingerprint density at radius 3 is 2.35 bits per heavy atom. The molecule has 2 aromatic carbocycles. The lowest BCUT2D eigenvalue weighted by Crippen LogP contribution is -2.13. The van der Waals surface area contributed by atoms with Crippen LogP contribution in [0.25, 0.3) is 0 Å². The van der Waals surface area contributed by atoms with Crippen molar-refractivity contribution in [3.63, 3.8) is 0 Å². The third-order valence-corrected chi connectivity index (χ3v) is 5.42. The second-order valence-corrected chi connectivity index (χ2v) is 7.84. The lowest BCUT2D eigenvalue weighted by Gasteiger charge is -2.09. The van der Waals surface area contributed by atoms with E-state index in [1.165, 1.54) is 12.1 Å². The van der Waals surface area contributed by atoms with Gasteiger partial charge in [0.1, 0.15) is 17.4 Å². The number of aromatic carboxylic acids is 1. The molecule has 26 heavy (non-hydrogen) atoms. The van der Waals surface area contributed by atoms with Crippen LogP contribution in [0, 0.1) is 0 Å². The molecule has 7 nitrogen and oxygen atoms in total. The van der Waals surface area contributed by atoms with E-state index < -0.39 is 16.0 Å². The molecule has 1 aliphatic heterocycles. The number of carbonyl (C=O) groups is 1. The van der Waals surface area contributed by atoms with E-state index in [0.29, 0.717) is 18.6 Å². The molecular weight excluding hydrogens is 358 g/mol. The molecule has 4 rings (SSSR count). The van der Waals surface area contributed by atoms with E-state index in [4.69, 9.17) is 15.0 Å². The van der Waals surface area contributed by atoms with Crippen LogP contribution in [0.4, 0.5) is 0 Å². The highest BCUT2D eigenvalue weighted by Crippen LogP contribution is 2.48. The van der Waals surface area contributed by atoms with E-state index in [2.05, 4.69) is 0 Å². The van der Waals surface area contributed by atoms with Crippen LogP contribution in [0.1, 0.15) is 34.7 Å². The van der Waals surface area contributed by atoms with Crippen LogP contribution in [0.5, 0.6) is 5.75 Å². The quantitative estimate of drug-likeness (QED) is 0.731. The summed E-state index contributed by atoms with van der Waals surface area (Å²) in [5.41, 5.74) is 1.16. The van der Waals surface area contributed by atoms with Crippen LogP contribution < -0.4 is 9.88 Å². The van der Waals surface area contributed by atoms with E-state index in [9.17, 15) is 18.3 Å². The average molecular weight is 377 g/mol. The van der Waals surface area contributed by atoms with Crippen molar-refractivity contribution in [2.75, 3.05) is 0 Å². The van der Waals surface area contributed by atoms with Gasteiger partial charge in [-0.05, 0) is 24.6 Å². The zero-order valence-electron chi connectivity index (χ0n) is 13.8. The summed E-state index contributed by atoms with van der Waals surface area (Å²) < 4.78 is 26.9. The number of carboxylic acid groups (broad SMARTS) is 1. The Bertz CT molecular complexity index is 913. The van der Waals surface area contributed by atoms with Crippen LogP contribution >= 0.6 is 0 Å². The minimum Gasteiger partial charge on any atom is -0.488 e. The fourth-order valence-electron chi connectivity index (χ4n) is 3.34. The van der Waals surface area contributed by atoms with E-state index >= 15 is 0 Å². The molecule has 1 heterocycles. The van der Waals surface area contributed by atoms with Gasteiger partial charge in [-0.2, -0.15) is 0 Å². The molecule has 0 bridgehead atoms. The van der Waals surface area contributed by atoms with Gasteiger partial charge in [-0.3, -0.25) is 0 Å². The number of ether oxygens (including phenoxy) is 1. The van der Waals surface area contributed by atoms with E-state index in [-0.39, 0.29) is 28.6 Å². The highest BCUT2D eigenvalue weighted by atomic mass is 32.2. The molecule has 0 radical (unpaired) electrons. The molecule has 138 valence electrons. The summed E-state index contributed by atoms with van der Waals surface area (Å²) in [4.78, 5) is 11.2. The number of primary sulfonamides is 1. The molecule has 2 aromatic rings. The third-order valence-electron chi connectivity index (χ3n) is 4.50. The first-order valence-corrected chi connectivity index (χ1v) is 9.60. The Balaban J connectivity index is 0.000000170. The Morgan fingerprint density at radius 2 is 1.77 bits per heavy atom. The highest BCUT2D eigenvalue weighted by Gasteiger charge is 2.43. The Kier molecular flexibility index (Phi) is 4.99. The molecule has 0 aromatic heterocycles. The van der Waals surface area contributed by atoms with Gasteiger partial charge < -0.3 is 14.9 Å². The molecule has 8 heteroatoms. The van der Waals surface area contributed by atoms with Crippen molar-refractivity contribution in [1.29, 1.82) is 0 Å². The smallest absolute Gasteiger partial charge is 0.339 e. The standard InChI is InChI=1S/C12H12O4.C6H7NO2S/c13-6-4-9-7-2-1-3-8(12(14)15)11(7)16-10(9)5-6;7-10(8,9)6-4-2-1-3-5-6/h1-3,6,9-10,13H,4-5H2,(H,14,15);1-5H,(H2,7,8,9)/t6-,9-,10+;/m1./s1. The van der Waals surface area contributed by atoms with Crippen molar-refractivity contribution in [3.8, 4) is 5.75 Å². The van der Waals surface area contributed by atoms with Gasteiger partial charge in [0.2, 0.25) is 10.0 Å². The van der Waals surface area contributed by atoms with Crippen LogP contribution in [-0.4, -0.2) is 36.8 Å². The van der Waals surface area contributed by atoms with Crippen molar-refractivity contribution in [3.05, 3.63) is 59.7 Å². The van der Waals surface area contributed by atoms with Crippen molar-refractivity contribution in [2.24, 2.45) is 5.14 Å². The zero-order valence-corrected chi connectivity index (χ0v) is 14.6. The lowest BCUT2D eigenvalue weighted by atomic mass is 9.96. The zero-order chi connectivity index (χ0) is 18.9. The van der Waals surface area contributed by atoms with Gasteiger partial charge in [0.15, 0.2) is 0 Å². The second-order valence-electron chi connectivity index (χ2n) is 6.28. The summed E-state index contributed by atoms with van der Waals surface area (Å²) in [6, 6.07) is 13.1. The van der Waals surface area contributed by atoms with Crippen molar-refractivity contribution in [2.45, 2.75) is 35.9 Å². The maximum atomic E-state index is 11.0. The number of fused-ring (bicyclic) bond motifs is 3. The number of para-hydroxylation sites is 1. The van der Waals surface area contributed by atoms with Gasteiger partial charge in [0, 0.05) is 17.9 Å². The second kappa shape index (κ2) is 7.06. The molecule has 4 N–H and O–H groups in total. The Morgan fingerprint density at radius 1 is 1.08 bits per heavy atom. The normalized spacial score (nSPS) is 23.2. The summed E-state index contributed by atoms with van der Waals surface area (Å²) in [7, 11) is -3.50. The summed E-state index contributed by atoms with van der Waals surface area (Å²) in [6.45, 7) is 0. The fourth-order valence-corrected chi connectivity index (χ4v) is 3.88. The average Bonchev–Trinajstić information content (AvgIpc) is 3.11.